The average Bonchev–Trinajstić information content (AvgIpc) is 3.35. The van der Waals surface area contributed by atoms with E-state index < -0.39 is 39.8 Å². The lowest BCUT2D eigenvalue weighted by molar-refractivity contribution is -0.384. The molecule has 1 aromatic carbocycles. The number of nitrogens with zero attached hydrogens (tertiary/aromatic N) is 3. The average molecular weight is 521 g/mol. The molecule has 2 aliphatic rings. The Kier molecular flexibility index (Phi) is 6.67. The van der Waals surface area contributed by atoms with Gasteiger partial charge in [0.2, 0.25) is 11.8 Å². The van der Waals surface area contributed by atoms with Crippen molar-refractivity contribution in [2.45, 2.75) is 30.5 Å². The zero-order valence-corrected chi connectivity index (χ0v) is 19.9. The predicted molar refractivity (Wildman–Crippen MR) is 126 cm³/mol. The number of alkyl carbamates (subject to hydrolysis) is 1. The van der Waals surface area contributed by atoms with E-state index in [9.17, 15) is 34.4 Å². The summed E-state index contributed by atoms with van der Waals surface area (Å²) in [6.45, 7) is 0.861. The number of non-ortho nitro benzene ring substituents is 1. The summed E-state index contributed by atoms with van der Waals surface area (Å²) in [4.78, 5) is 62.7. The molecule has 12 nitrogen and oxygen atoms in total. The van der Waals surface area contributed by atoms with E-state index >= 15 is 0 Å². The fraction of sp³-hybridized carbons (Fsp3) is 0.333. The number of amides is 3. The second-order valence-corrected chi connectivity index (χ2v) is 10.00. The van der Waals surface area contributed by atoms with Gasteiger partial charge in [0.1, 0.15) is 18.0 Å². The quantitative estimate of drug-likeness (QED) is 0.316. The molecule has 2 unspecified atom stereocenters. The number of aliphatic carboxylic acids is 1. The number of nitro groups is 1. The molecule has 0 aliphatic carbocycles. The summed E-state index contributed by atoms with van der Waals surface area (Å²) in [5, 5.41) is 25.0. The minimum atomic E-state index is -1.78. The second kappa shape index (κ2) is 9.54. The van der Waals surface area contributed by atoms with Gasteiger partial charge >= 0.3 is 12.1 Å². The number of carbonyl (C=O) groups is 4. The van der Waals surface area contributed by atoms with Crippen LogP contribution in [0.4, 0.5) is 15.5 Å². The molecule has 0 radical (unpaired) electrons. The molecule has 2 fully saturated rings. The molecule has 3 heterocycles. The van der Waals surface area contributed by atoms with Crippen molar-refractivity contribution in [1.82, 2.24) is 10.2 Å². The Labute approximate surface area is 207 Å². The fourth-order valence-electron chi connectivity index (χ4n) is 3.90. The Morgan fingerprint density at radius 3 is 2.60 bits per heavy atom. The number of carboxylic acid groups (broad SMARTS) is 1. The van der Waals surface area contributed by atoms with Crippen molar-refractivity contribution in [1.29, 1.82) is 0 Å². The third kappa shape index (κ3) is 4.66. The van der Waals surface area contributed by atoms with Crippen LogP contribution in [0.25, 0.3) is 0 Å². The number of rotatable bonds is 7. The van der Waals surface area contributed by atoms with Crippen LogP contribution < -0.4 is 10.2 Å². The number of ether oxygens (including phenoxy) is 1. The van der Waals surface area contributed by atoms with E-state index in [0.717, 1.165) is 11.8 Å². The summed E-state index contributed by atoms with van der Waals surface area (Å²) < 4.78 is 5.11. The summed E-state index contributed by atoms with van der Waals surface area (Å²) >= 11 is 2.49. The number of hydrogen-bond donors (Lipinski definition) is 2. The first kappa shape index (κ1) is 24.5. The molecule has 14 heteroatoms. The Morgan fingerprint density at radius 2 is 2.03 bits per heavy atom. The van der Waals surface area contributed by atoms with Crippen LogP contribution in [0.2, 0.25) is 0 Å². The monoisotopic (exact) mass is 520 g/mol. The van der Waals surface area contributed by atoms with Gasteiger partial charge in [-0.05, 0) is 35.2 Å². The molecule has 0 bridgehead atoms. The van der Waals surface area contributed by atoms with E-state index in [1.165, 1.54) is 52.3 Å². The molecule has 2 aromatic rings. The summed E-state index contributed by atoms with van der Waals surface area (Å²) in [7, 11) is 0. The van der Waals surface area contributed by atoms with Crippen molar-refractivity contribution in [3.05, 3.63) is 57.5 Å². The second-order valence-electron chi connectivity index (χ2n) is 7.96. The number of anilines is 1. The van der Waals surface area contributed by atoms with Crippen LogP contribution in [0, 0.1) is 10.1 Å². The van der Waals surface area contributed by atoms with Gasteiger partial charge in [-0.25, -0.2) is 9.59 Å². The number of β-lactam (4-membered cyclic amide) rings is 1. The number of hydrogen-bond acceptors (Lipinski definition) is 9. The normalized spacial score (nSPS) is 23.0. The van der Waals surface area contributed by atoms with Crippen LogP contribution in [0.5, 0.6) is 0 Å². The van der Waals surface area contributed by atoms with Gasteiger partial charge in [-0.2, -0.15) is 0 Å². The summed E-state index contributed by atoms with van der Waals surface area (Å²) in [5.74, 6) is -2.07. The van der Waals surface area contributed by atoms with E-state index in [1.54, 1.807) is 17.5 Å². The molecule has 0 saturated carbocycles. The molecule has 2 N–H and O–H groups in total. The zero-order valence-electron chi connectivity index (χ0n) is 18.3. The number of carboxylic acids is 1. The molecule has 184 valence electrons. The van der Waals surface area contributed by atoms with Crippen molar-refractivity contribution < 1.29 is 33.9 Å². The van der Waals surface area contributed by atoms with Crippen molar-refractivity contribution in [2.24, 2.45) is 0 Å². The highest BCUT2D eigenvalue weighted by atomic mass is 32.2. The standard InChI is InChI=1S/C21H20N4O8S2/c1-12(26)24(15-3-2-8-34-15)16-17(27)23-10-21(19(28)29,11-35-18(16)23)22-20(30)33-9-13-4-6-14(7-5-13)25(31)32/h2-8,16,18H,9-11H2,1H3,(H,22,30)(H,28,29)/t16?,18-,21?/m1/s1. The molecule has 2 aliphatic heterocycles. The van der Waals surface area contributed by atoms with E-state index in [1.807, 2.05) is 0 Å². The number of benzene rings is 1. The molecule has 2 saturated heterocycles. The highest BCUT2D eigenvalue weighted by Crippen LogP contribution is 2.42. The maximum atomic E-state index is 13.0. The molecule has 3 amide bonds. The van der Waals surface area contributed by atoms with Gasteiger partial charge < -0.3 is 20.1 Å². The topological polar surface area (TPSA) is 159 Å². The summed E-state index contributed by atoms with van der Waals surface area (Å²) in [6.07, 6.45) is -1.00. The molecule has 1 aromatic heterocycles. The first-order valence-corrected chi connectivity index (χ1v) is 12.2. The van der Waals surface area contributed by atoms with Crippen molar-refractivity contribution in [3.8, 4) is 0 Å². The molecular formula is C21H20N4O8S2. The smallest absolute Gasteiger partial charge is 0.408 e. The largest absolute Gasteiger partial charge is 0.479 e. The lowest BCUT2D eigenvalue weighted by Gasteiger charge is -2.55. The Balaban J connectivity index is 1.41. The third-order valence-electron chi connectivity index (χ3n) is 5.68. The highest BCUT2D eigenvalue weighted by Gasteiger charge is 2.60. The van der Waals surface area contributed by atoms with Crippen molar-refractivity contribution in [3.63, 3.8) is 0 Å². The number of fused-ring (bicyclic) bond motifs is 1. The Hall–Kier alpha value is -3.65. The maximum absolute atomic E-state index is 13.0. The van der Waals surface area contributed by atoms with E-state index in [2.05, 4.69) is 5.32 Å². The first-order chi connectivity index (χ1) is 16.6. The van der Waals surface area contributed by atoms with Crippen LogP contribution in [-0.4, -0.2) is 68.1 Å². The molecule has 4 rings (SSSR count). The minimum absolute atomic E-state index is 0.0455. The van der Waals surface area contributed by atoms with Crippen LogP contribution in [0.1, 0.15) is 12.5 Å². The van der Waals surface area contributed by atoms with Gasteiger partial charge in [0, 0.05) is 24.8 Å². The third-order valence-corrected chi connectivity index (χ3v) is 8.06. The molecular weight excluding hydrogens is 500 g/mol. The van der Waals surface area contributed by atoms with Crippen molar-refractivity contribution >= 4 is 57.7 Å². The van der Waals surface area contributed by atoms with E-state index in [-0.39, 0.29) is 30.5 Å². The van der Waals surface area contributed by atoms with Crippen LogP contribution in [-0.2, 0) is 25.7 Å². The van der Waals surface area contributed by atoms with E-state index in [4.69, 9.17) is 4.74 Å². The van der Waals surface area contributed by atoms with Gasteiger partial charge in [0.05, 0.1) is 16.5 Å². The van der Waals surface area contributed by atoms with Crippen LogP contribution >= 0.6 is 23.1 Å². The van der Waals surface area contributed by atoms with Gasteiger partial charge in [-0.3, -0.25) is 24.6 Å². The molecule has 35 heavy (non-hydrogen) atoms. The van der Waals surface area contributed by atoms with Crippen molar-refractivity contribution in [2.75, 3.05) is 17.2 Å². The van der Waals surface area contributed by atoms with E-state index in [0.29, 0.717) is 10.6 Å². The summed E-state index contributed by atoms with van der Waals surface area (Å²) in [6, 6.07) is 8.13. The number of nitrogens with one attached hydrogen (secondary N) is 1. The first-order valence-electron chi connectivity index (χ1n) is 10.3. The molecule has 0 spiro atoms. The Bertz CT molecular complexity index is 1170. The Morgan fingerprint density at radius 1 is 1.31 bits per heavy atom. The lowest BCUT2D eigenvalue weighted by Crippen LogP contribution is -2.78. The van der Waals surface area contributed by atoms with Gasteiger partial charge in [0.25, 0.3) is 5.69 Å². The van der Waals surface area contributed by atoms with Gasteiger partial charge in [-0.1, -0.05) is 0 Å². The predicted octanol–water partition coefficient (Wildman–Crippen LogP) is 2.04. The number of thioether (sulfide) groups is 1. The molecule has 3 atom stereocenters. The number of carbonyl (C=O) groups excluding carboxylic acids is 3. The van der Waals surface area contributed by atoms with Gasteiger partial charge in [-0.15, -0.1) is 23.1 Å². The zero-order chi connectivity index (χ0) is 25.3. The summed E-state index contributed by atoms with van der Waals surface area (Å²) in [5.41, 5.74) is -1.41. The van der Waals surface area contributed by atoms with Gasteiger partial charge in [0.15, 0.2) is 5.54 Å². The maximum Gasteiger partial charge on any atom is 0.408 e. The highest BCUT2D eigenvalue weighted by molar-refractivity contribution is 8.00. The number of thiophene rings is 1. The fourth-order valence-corrected chi connectivity index (χ4v) is 6.23. The van der Waals surface area contributed by atoms with Crippen LogP contribution in [0.15, 0.2) is 41.8 Å². The SMILES string of the molecule is CC(=O)N(c1cccs1)C1C(=O)N2CC(NC(=O)OCc3ccc([N+](=O)[O-])cc3)(C(=O)O)CS[C@H]12. The minimum Gasteiger partial charge on any atom is -0.479 e. The van der Waals surface area contributed by atoms with Crippen LogP contribution in [0.3, 0.4) is 0 Å². The number of nitro benzene ring substituents is 1. The lowest BCUT2D eigenvalue weighted by atomic mass is 9.95.